The van der Waals surface area contributed by atoms with E-state index in [0.717, 1.165) is 15.6 Å². The number of nitrogens with zero attached hydrogens (tertiary/aromatic N) is 2. The van der Waals surface area contributed by atoms with Crippen LogP contribution in [0, 0.1) is 5.82 Å². The molecular formula is C10H5BrClFN2S. The van der Waals surface area contributed by atoms with Gasteiger partial charge < -0.3 is 0 Å². The summed E-state index contributed by atoms with van der Waals surface area (Å²) in [7, 11) is 0. The molecule has 0 unspecified atom stereocenters. The standard InChI is InChI=1S/C10H5BrClFN2S/c11-6-2-1-3-7(4-6)16-9-8(13)5-14-10(12)15-9/h1-5H. The number of rotatable bonds is 2. The van der Waals surface area contributed by atoms with Gasteiger partial charge in [0.2, 0.25) is 5.28 Å². The lowest BCUT2D eigenvalue weighted by molar-refractivity contribution is 0.579. The van der Waals surface area contributed by atoms with E-state index in [0.29, 0.717) is 0 Å². The van der Waals surface area contributed by atoms with Crippen molar-refractivity contribution in [2.24, 2.45) is 0 Å². The smallest absolute Gasteiger partial charge is 0.223 e. The molecule has 2 aromatic rings. The van der Waals surface area contributed by atoms with Crippen LogP contribution < -0.4 is 0 Å². The predicted octanol–water partition coefficient (Wildman–Crippen LogP) is 4.18. The van der Waals surface area contributed by atoms with E-state index in [-0.39, 0.29) is 10.3 Å². The van der Waals surface area contributed by atoms with E-state index in [2.05, 4.69) is 25.9 Å². The van der Waals surface area contributed by atoms with Gasteiger partial charge in [-0.25, -0.2) is 14.4 Å². The molecule has 0 N–H and O–H groups in total. The molecule has 0 aliphatic carbocycles. The van der Waals surface area contributed by atoms with Gasteiger partial charge in [-0.05, 0) is 29.8 Å². The SMILES string of the molecule is Fc1cnc(Cl)nc1Sc1cccc(Br)c1. The van der Waals surface area contributed by atoms with Crippen LogP contribution in [0.4, 0.5) is 4.39 Å². The van der Waals surface area contributed by atoms with E-state index in [1.807, 2.05) is 24.3 Å². The van der Waals surface area contributed by atoms with Gasteiger partial charge in [-0.1, -0.05) is 33.8 Å². The largest absolute Gasteiger partial charge is 0.223 e. The Bertz CT molecular complexity index is 524. The molecule has 0 saturated carbocycles. The number of aromatic nitrogens is 2. The maximum atomic E-state index is 13.3. The second-order valence-corrected chi connectivity index (χ2v) is 5.17. The molecule has 82 valence electrons. The molecule has 0 fully saturated rings. The average molecular weight is 320 g/mol. The molecule has 1 aromatic carbocycles. The van der Waals surface area contributed by atoms with Crippen LogP contribution in [-0.2, 0) is 0 Å². The fraction of sp³-hybridized carbons (Fsp3) is 0. The third-order valence-electron chi connectivity index (χ3n) is 1.69. The first-order chi connectivity index (χ1) is 7.65. The summed E-state index contributed by atoms with van der Waals surface area (Å²) < 4.78 is 14.3. The van der Waals surface area contributed by atoms with Crippen molar-refractivity contribution in [2.45, 2.75) is 9.92 Å². The second kappa shape index (κ2) is 5.12. The van der Waals surface area contributed by atoms with Crippen molar-refractivity contribution >= 4 is 39.3 Å². The minimum atomic E-state index is -0.477. The molecule has 0 amide bonds. The van der Waals surface area contributed by atoms with Gasteiger partial charge in [-0.3, -0.25) is 0 Å². The monoisotopic (exact) mass is 318 g/mol. The fourth-order valence-corrected chi connectivity index (χ4v) is 2.62. The molecule has 0 atom stereocenters. The van der Waals surface area contributed by atoms with Gasteiger partial charge in [0.05, 0.1) is 6.20 Å². The van der Waals surface area contributed by atoms with Crippen LogP contribution in [0.5, 0.6) is 0 Å². The highest BCUT2D eigenvalue weighted by atomic mass is 79.9. The van der Waals surface area contributed by atoms with Crippen LogP contribution in [0.1, 0.15) is 0 Å². The molecule has 0 bridgehead atoms. The molecule has 0 aliphatic rings. The highest BCUT2D eigenvalue weighted by Crippen LogP contribution is 2.29. The van der Waals surface area contributed by atoms with Gasteiger partial charge in [-0.15, -0.1) is 0 Å². The van der Waals surface area contributed by atoms with Crippen LogP contribution in [0.2, 0.25) is 5.28 Å². The minimum Gasteiger partial charge on any atom is -0.223 e. The second-order valence-electron chi connectivity index (χ2n) is 2.85. The summed E-state index contributed by atoms with van der Waals surface area (Å²) in [6.07, 6.45) is 1.07. The van der Waals surface area contributed by atoms with Crippen LogP contribution in [0.25, 0.3) is 0 Å². The van der Waals surface area contributed by atoms with Gasteiger partial charge >= 0.3 is 0 Å². The van der Waals surface area contributed by atoms with Crippen LogP contribution >= 0.6 is 39.3 Å². The van der Waals surface area contributed by atoms with Gasteiger partial charge in [0.15, 0.2) is 5.82 Å². The van der Waals surface area contributed by atoms with Crippen molar-refractivity contribution in [1.29, 1.82) is 0 Å². The highest BCUT2D eigenvalue weighted by molar-refractivity contribution is 9.10. The van der Waals surface area contributed by atoms with Crippen molar-refractivity contribution in [1.82, 2.24) is 9.97 Å². The van der Waals surface area contributed by atoms with Crippen molar-refractivity contribution in [2.75, 3.05) is 0 Å². The topological polar surface area (TPSA) is 25.8 Å². The molecule has 0 spiro atoms. The molecule has 1 aromatic heterocycles. The molecule has 1 heterocycles. The molecule has 16 heavy (non-hydrogen) atoms. The van der Waals surface area contributed by atoms with Crippen molar-refractivity contribution < 1.29 is 4.39 Å². The zero-order valence-corrected chi connectivity index (χ0v) is 11.0. The summed E-state index contributed by atoms with van der Waals surface area (Å²) >= 11 is 10.1. The lowest BCUT2D eigenvalue weighted by Crippen LogP contribution is -1.90. The van der Waals surface area contributed by atoms with Crippen LogP contribution in [0.15, 0.2) is 44.9 Å². The molecule has 6 heteroatoms. The summed E-state index contributed by atoms with van der Waals surface area (Å²) in [5.41, 5.74) is 0. The Hall–Kier alpha value is -0.650. The van der Waals surface area contributed by atoms with Gasteiger partial charge in [0.25, 0.3) is 0 Å². The maximum Gasteiger partial charge on any atom is 0.223 e. The van der Waals surface area contributed by atoms with E-state index in [9.17, 15) is 4.39 Å². The highest BCUT2D eigenvalue weighted by Gasteiger charge is 2.07. The lowest BCUT2D eigenvalue weighted by atomic mass is 10.4. The minimum absolute atomic E-state index is 0.0406. The number of benzene rings is 1. The summed E-state index contributed by atoms with van der Waals surface area (Å²) in [4.78, 5) is 8.26. The summed E-state index contributed by atoms with van der Waals surface area (Å²) in [6, 6.07) is 7.51. The molecule has 0 saturated heterocycles. The third-order valence-corrected chi connectivity index (χ3v) is 3.34. The molecule has 0 radical (unpaired) electrons. The predicted molar refractivity (Wildman–Crippen MR) is 65.3 cm³/mol. The molecule has 2 rings (SSSR count). The van der Waals surface area contributed by atoms with Gasteiger partial charge in [0, 0.05) is 9.37 Å². The first-order valence-corrected chi connectivity index (χ1v) is 6.25. The van der Waals surface area contributed by atoms with E-state index in [1.165, 1.54) is 11.8 Å². The summed E-state index contributed by atoms with van der Waals surface area (Å²) in [5, 5.41) is 0.261. The van der Waals surface area contributed by atoms with Crippen molar-refractivity contribution in [3.8, 4) is 0 Å². The Balaban J connectivity index is 2.30. The van der Waals surface area contributed by atoms with Crippen molar-refractivity contribution in [3.05, 3.63) is 46.0 Å². The molecule has 0 aliphatic heterocycles. The van der Waals surface area contributed by atoms with Crippen LogP contribution in [-0.4, -0.2) is 9.97 Å². The Morgan fingerprint density at radius 2 is 2.19 bits per heavy atom. The van der Waals surface area contributed by atoms with Gasteiger partial charge in [0.1, 0.15) is 5.03 Å². The van der Waals surface area contributed by atoms with E-state index in [4.69, 9.17) is 11.6 Å². The van der Waals surface area contributed by atoms with Gasteiger partial charge in [-0.2, -0.15) is 0 Å². The Kier molecular flexibility index (Phi) is 3.78. The quantitative estimate of drug-likeness (QED) is 0.613. The number of hydrogen-bond acceptors (Lipinski definition) is 3. The Labute approximate surface area is 109 Å². The molecule has 2 nitrogen and oxygen atoms in total. The maximum absolute atomic E-state index is 13.3. The normalized spacial score (nSPS) is 10.4. The van der Waals surface area contributed by atoms with Crippen molar-refractivity contribution in [3.63, 3.8) is 0 Å². The van der Waals surface area contributed by atoms with E-state index >= 15 is 0 Å². The average Bonchev–Trinajstić information content (AvgIpc) is 2.24. The van der Waals surface area contributed by atoms with Crippen LogP contribution in [0.3, 0.4) is 0 Å². The number of halogens is 3. The van der Waals surface area contributed by atoms with E-state index in [1.54, 1.807) is 0 Å². The lowest BCUT2D eigenvalue weighted by Gasteiger charge is -2.02. The Morgan fingerprint density at radius 1 is 1.38 bits per heavy atom. The third kappa shape index (κ3) is 2.93. The summed E-state index contributed by atoms with van der Waals surface area (Å²) in [5.74, 6) is -0.477. The molecular weight excluding hydrogens is 315 g/mol. The zero-order valence-electron chi connectivity index (χ0n) is 7.82. The van der Waals surface area contributed by atoms with E-state index < -0.39 is 5.82 Å². The summed E-state index contributed by atoms with van der Waals surface area (Å²) in [6.45, 7) is 0. The number of hydrogen-bond donors (Lipinski definition) is 0. The zero-order chi connectivity index (χ0) is 11.5. The first-order valence-electron chi connectivity index (χ1n) is 4.26. The Morgan fingerprint density at radius 3 is 2.94 bits per heavy atom. The first kappa shape index (κ1) is 11.8. The fourth-order valence-electron chi connectivity index (χ4n) is 1.04.